The molecular formula is C15H20N6O. The van der Waals surface area contributed by atoms with E-state index in [1.807, 2.05) is 6.92 Å². The molecule has 1 aliphatic carbocycles. The van der Waals surface area contributed by atoms with Gasteiger partial charge in [-0.05, 0) is 38.9 Å². The molecule has 2 aromatic heterocycles. The van der Waals surface area contributed by atoms with E-state index in [1.54, 1.807) is 0 Å². The van der Waals surface area contributed by atoms with Crippen LogP contribution < -0.4 is 4.90 Å². The minimum absolute atomic E-state index is 0.483. The van der Waals surface area contributed by atoms with Crippen molar-refractivity contribution in [3.05, 3.63) is 29.5 Å². The van der Waals surface area contributed by atoms with Crippen molar-refractivity contribution in [2.24, 2.45) is 0 Å². The van der Waals surface area contributed by atoms with Crippen molar-refractivity contribution < 1.29 is 4.52 Å². The smallest absolute Gasteiger partial charge is 0.240 e. The van der Waals surface area contributed by atoms with Crippen molar-refractivity contribution in [1.29, 1.82) is 0 Å². The van der Waals surface area contributed by atoms with Gasteiger partial charge in [0, 0.05) is 25.0 Å². The summed E-state index contributed by atoms with van der Waals surface area (Å²) in [6.07, 6.45) is 2.53. The summed E-state index contributed by atoms with van der Waals surface area (Å²) in [5.41, 5.74) is 1.14. The summed E-state index contributed by atoms with van der Waals surface area (Å²) in [5, 5.41) is 12.5. The van der Waals surface area contributed by atoms with E-state index in [1.165, 1.54) is 12.8 Å². The van der Waals surface area contributed by atoms with E-state index in [0.717, 1.165) is 24.6 Å². The fourth-order valence-corrected chi connectivity index (χ4v) is 2.77. The molecule has 2 aromatic rings. The van der Waals surface area contributed by atoms with Crippen molar-refractivity contribution >= 4 is 5.82 Å². The van der Waals surface area contributed by atoms with Crippen molar-refractivity contribution in [3.63, 3.8) is 0 Å². The Morgan fingerprint density at radius 3 is 2.68 bits per heavy atom. The number of rotatable bonds is 5. The SMILES string of the molecule is Cc1noc(CN(C)C2CN(c3ccc(C4CC4)nn3)C2)n1. The second-order valence-electron chi connectivity index (χ2n) is 6.30. The number of hydrogen-bond donors (Lipinski definition) is 0. The maximum atomic E-state index is 5.17. The highest BCUT2D eigenvalue weighted by molar-refractivity contribution is 5.42. The Bertz CT molecular complexity index is 644. The number of nitrogens with zero attached hydrogens (tertiary/aromatic N) is 6. The van der Waals surface area contributed by atoms with Crippen LogP contribution in [-0.2, 0) is 6.54 Å². The van der Waals surface area contributed by atoms with Crippen LogP contribution in [0.3, 0.4) is 0 Å². The molecule has 1 aliphatic heterocycles. The highest BCUT2D eigenvalue weighted by Gasteiger charge is 2.32. The highest BCUT2D eigenvalue weighted by atomic mass is 16.5. The van der Waals surface area contributed by atoms with Crippen LogP contribution in [0.5, 0.6) is 0 Å². The Labute approximate surface area is 129 Å². The summed E-state index contributed by atoms with van der Waals surface area (Å²) < 4.78 is 5.17. The molecule has 7 heteroatoms. The first-order valence-corrected chi connectivity index (χ1v) is 7.77. The molecule has 0 N–H and O–H groups in total. The first kappa shape index (κ1) is 13.6. The summed E-state index contributed by atoms with van der Waals surface area (Å²) in [5.74, 6) is 2.99. The largest absolute Gasteiger partial charge is 0.352 e. The molecule has 0 aromatic carbocycles. The van der Waals surface area contributed by atoms with E-state index in [9.17, 15) is 0 Å². The first-order valence-electron chi connectivity index (χ1n) is 7.77. The first-order chi connectivity index (χ1) is 10.7. The van der Waals surface area contributed by atoms with Crippen LogP contribution in [0.4, 0.5) is 5.82 Å². The summed E-state index contributed by atoms with van der Waals surface area (Å²) in [6, 6.07) is 4.70. The van der Waals surface area contributed by atoms with Gasteiger partial charge in [0.1, 0.15) is 0 Å². The number of aromatic nitrogens is 4. The van der Waals surface area contributed by atoms with Gasteiger partial charge in [0.15, 0.2) is 11.6 Å². The second-order valence-corrected chi connectivity index (χ2v) is 6.30. The van der Waals surface area contributed by atoms with Gasteiger partial charge in [0.25, 0.3) is 0 Å². The predicted molar refractivity (Wildman–Crippen MR) is 80.5 cm³/mol. The lowest BCUT2D eigenvalue weighted by molar-refractivity contribution is 0.174. The van der Waals surface area contributed by atoms with E-state index in [2.05, 4.69) is 49.3 Å². The fraction of sp³-hybridized carbons (Fsp3) is 0.600. The number of likely N-dealkylation sites (N-methyl/N-ethyl adjacent to an activating group) is 1. The molecule has 4 rings (SSSR count). The molecule has 116 valence electrons. The molecule has 0 amide bonds. The van der Waals surface area contributed by atoms with Gasteiger partial charge in [0.05, 0.1) is 12.2 Å². The predicted octanol–water partition coefficient (Wildman–Crippen LogP) is 1.37. The number of anilines is 1. The van der Waals surface area contributed by atoms with Crippen molar-refractivity contribution in [2.45, 2.75) is 38.3 Å². The van der Waals surface area contributed by atoms with Gasteiger partial charge in [-0.1, -0.05) is 5.16 Å². The zero-order valence-electron chi connectivity index (χ0n) is 12.9. The Morgan fingerprint density at radius 1 is 1.27 bits per heavy atom. The third-order valence-corrected chi connectivity index (χ3v) is 4.43. The van der Waals surface area contributed by atoms with Gasteiger partial charge < -0.3 is 9.42 Å². The van der Waals surface area contributed by atoms with Crippen molar-refractivity contribution in [1.82, 2.24) is 25.2 Å². The topological polar surface area (TPSA) is 71.2 Å². The summed E-state index contributed by atoms with van der Waals surface area (Å²) in [6.45, 7) is 4.44. The molecule has 2 fully saturated rings. The van der Waals surface area contributed by atoms with Crippen LogP contribution in [0, 0.1) is 6.92 Å². The maximum absolute atomic E-state index is 5.17. The van der Waals surface area contributed by atoms with Gasteiger partial charge in [0.2, 0.25) is 5.89 Å². The van der Waals surface area contributed by atoms with E-state index in [-0.39, 0.29) is 0 Å². The summed E-state index contributed by atoms with van der Waals surface area (Å²) in [7, 11) is 2.09. The van der Waals surface area contributed by atoms with E-state index >= 15 is 0 Å². The maximum Gasteiger partial charge on any atom is 0.240 e. The molecule has 22 heavy (non-hydrogen) atoms. The van der Waals surface area contributed by atoms with Crippen LogP contribution >= 0.6 is 0 Å². The Morgan fingerprint density at radius 2 is 2.09 bits per heavy atom. The number of aryl methyl sites for hydroxylation is 1. The molecule has 7 nitrogen and oxygen atoms in total. The van der Waals surface area contributed by atoms with E-state index in [0.29, 0.717) is 30.2 Å². The minimum Gasteiger partial charge on any atom is -0.352 e. The number of hydrogen-bond acceptors (Lipinski definition) is 7. The van der Waals surface area contributed by atoms with Gasteiger partial charge >= 0.3 is 0 Å². The fourth-order valence-electron chi connectivity index (χ4n) is 2.77. The van der Waals surface area contributed by atoms with Crippen LogP contribution in [0.1, 0.15) is 36.2 Å². The normalized spacial score (nSPS) is 18.8. The van der Waals surface area contributed by atoms with Crippen LogP contribution in [0.2, 0.25) is 0 Å². The van der Waals surface area contributed by atoms with Crippen molar-refractivity contribution in [2.75, 3.05) is 25.0 Å². The Kier molecular flexibility index (Phi) is 3.29. The molecule has 1 saturated carbocycles. The van der Waals surface area contributed by atoms with Gasteiger partial charge in [-0.3, -0.25) is 4.90 Å². The summed E-state index contributed by atoms with van der Waals surface area (Å²) >= 11 is 0. The van der Waals surface area contributed by atoms with Gasteiger partial charge in [-0.2, -0.15) is 10.1 Å². The van der Waals surface area contributed by atoms with E-state index in [4.69, 9.17) is 4.52 Å². The Balaban J connectivity index is 1.31. The van der Waals surface area contributed by atoms with Crippen LogP contribution in [0.25, 0.3) is 0 Å². The lowest BCUT2D eigenvalue weighted by atomic mass is 10.1. The highest BCUT2D eigenvalue weighted by Crippen LogP contribution is 2.38. The van der Waals surface area contributed by atoms with Gasteiger partial charge in [-0.15, -0.1) is 5.10 Å². The van der Waals surface area contributed by atoms with Crippen molar-refractivity contribution in [3.8, 4) is 0 Å². The summed E-state index contributed by atoms with van der Waals surface area (Å²) in [4.78, 5) is 8.74. The van der Waals surface area contributed by atoms with Crippen LogP contribution in [0.15, 0.2) is 16.7 Å². The monoisotopic (exact) mass is 300 g/mol. The molecule has 1 saturated heterocycles. The molecular weight excluding hydrogens is 280 g/mol. The molecule has 3 heterocycles. The Hall–Kier alpha value is -2.02. The zero-order chi connectivity index (χ0) is 15.1. The molecule has 0 bridgehead atoms. The van der Waals surface area contributed by atoms with E-state index < -0.39 is 0 Å². The lowest BCUT2D eigenvalue weighted by Gasteiger charge is -2.44. The standard InChI is InChI=1S/C15H20N6O/c1-10-16-15(22-19-10)9-20(2)12-7-21(8-12)14-6-5-13(17-18-14)11-3-4-11/h5-6,11-12H,3-4,7-9H2,1-2H3. The third kappa shape index (κ3) is 2.68. The third-order valence-electron chi connectivity index (χ3n) is 4.43. The van der Waals surface area contributed by atoms with Crippen LogP contribution in [-0.4, -0.2) is 51.4 Å². The minimum atomic E-state index is 0.483. The lowest BCUT2D eigenvalue weighted by Crippen LogP contribution is -2.58. The average Bonchev–Trinajstić information content (AvgIpc) is 3.22. The van der Waals surface area contributed by atoms with Gasteiger partial charge in [-0.25, -0.2) is 0 Å². The zero-order valence-corrected chi connectivity index (χ0v) is 12.9. The average molecular weight is 300 g/mol. The second kappa shape index (κ2) is 5.31. The quantitative estimate of drug-likeness (QED) is 0.825. The molecule has 0 spiro atoms. The molecule has 2 aliphatic rings. The molecule has 0 radical (unpaired) electrons. The molecule has 0 unspecified atom stereocenters. The molecule has 0 atom stereocenters.